The third kappa shape index (κ3) is 3.73. The highest BCUT2D eigenvalue weighted by molar-refractivity contribution is 5.81. The van der Waals surface area contributed by atoms with E-state index in [1.54, 1.807) is 0 Å². The summed E-state index contributed by atoms with van der Waals surface area (Å²) in [6.45, 7) is 1.34. The van der Waals surface area contributed by atoms with Crippen molar-refractivity contribution in [3.8, 4) is 11.1 Å². The SMILES string of the molecule is O=C(N[C@@H](CC1CCOC1)C(=O)O)OCC1c2ccccc2-c2ccccc21. The lowest BCUT2D eigenvalue weighted by Crippen LogP contribution is -2.42. The van der Waals surface area contributed by atoms with Crippen LogP contribution in [0.2, 0.25) is 0 Å². The van der Waals surface area contributed by atoms with Gasteiger partial charge < -0.3 is 19.9 Å². The van der Waals surface area contributed by atoms with Gasteiger partial charge >= 0.3 is 12.1 Å². The molecule has 0 saturated carbocycles. The van der Waals surface area contributed by atoms with E-state index < -0.39 is 18.1 Å². The van der Waals surface area contributed by atoms with Crippen molar-refractivity contribution in [3.05, 3.63) is 59.7 Å². The zero-order valence-corrected chi connectivity index (χ0v) is 15.5. The van der Waals surface area contributed by atoms with Crippen LogP contribution in [0, 0.1) is 5.92 Å². The molecule has 4 rings (SSSR count). The molecule has 1 unspecified atom stereocenters. The van der Waals surface area contributed by atoms with Gasteiger partial charge in [-0.25, -0.2) is 9.59 Å². The molecule has 0 aromatic heterocycles. The molecule has 2 aliphatic rings. The Morgan fingerprint density at radius 1 is 1.11 bits per heavy atom. The Labute approximate surface area is 163 Å². The Morgan fingerprint density at radius 2 is 1.75 bits per heavy atom. The van der Waals surface area contributed by atoms with Crippen LogP contribution in [0.3, 0.4) is 0 Å². The molecule has 6 nitrogen and oxygen atoms in total. The van der Waals surface area contributed by atoms with E-state index in [0.29, 0.717) is 19.6 Å². The fourth-order valence-electron chi connectivity index (χ4n) is 4.11. The van der Waals surface area contributed by atoms with E-state index in [4.69, 9.17) is 9.47 Å². The Balaban J connectivity index is 1.41. The van der Waals surface area contributed by atoms with Crippen molar-refractivity contribution in [1.29, 1.82) is 0 Å². The molecular weight excluding hydrogens is 358 g/mol. The number of alkyl carbamates (subject to hydrolysis) is 1. The highest BCUT2D eigenvalue weighted by Crippen LogP contribution is 2.44. The molecule has 2 atom stereocenters. The fourth-order valence-corrected chi connectivity index (χ4v) is 4.11. The lowest BCUT2D eigenvalue weighted by molar-refractivity contribution is -0.139. The highest BCUT2D eigenvalue weighted by atomic mass is 16.5. The van der Waals surface area contributed by atoms with Gasteiger partial charge in [-0.05, 0) is 41.0 Å². The first kappa shape index (κ1) is 18.5. The molecule has 1 aliphatic heterocycles. The molecule has 28 heavy (non-hydrogen) atoms. The van der Waals surface area contributed by atoms with Crippen LogP contribution in [-0.4, -0.2) is 43.0 Å². The van der Waals surface area contributed by atoms with Crippen LogP contribution in [0.5, 0.6) is 0 Å². The fraction of sp³-hybridized carbons (Fsp3) is 0.364. The van der Waals surface area contributed by atoms with Crippen LogP contribution in [0.25, 0.3) is 11.1 Å². The second-order valence-corrected chi connectivity index (χ2v) is 7.33. The van der Waals surface area contributed by atoms with Crippen LogP contribution >= 0.6 is 0 Å². The number of carbonyl (C=O) groups is 2. The van der Waals surface area contributed by atoms with Crippen LogP contribution in [0.1, 0.15) is 29.9 Å². The van der Waals surface area contributed by atoms with Gasteiger partial charge in [0.25, 0.3) is 0 Å². The average Bonchev–Trinajstić information content (AvgIpc) is 3.32. The molecule has 0 radical (unpaired) electrons. The van der Waals surface area contributed by atoms with E-state index >= 15 is 0 Å². The van der Waals surface area contributed by atoms with E-state index in [1.165, 1.54) is 0 Å². The number of carboxylic acid groups (broad SMARTS) is 1. The standard InChI is InChI=1S/C22H23NO5/c24-21(25)20(11-14-9-10-27-12-14)23-22(26)28-13-19-17-7-3-1-5-15(17)16-6-2-4-8-18(16)19/h1-8,14,19-20H,9-13H2,(H,23,26)(H,24,25)/t14?,20-/m0/s1. The molecule has 2 N–H and O–H groups in total. The van der Waals surface area contributed by atoms with E-state index in [1.807, 2.05) is 36.4 Å². The zero-order chi connectivity index (χ0) is 19.5. The van der Waals surface area contributed by atoms with Gasteiger partial charge in [-0.15, -0.1) is 0 Å². The lowest BCUT2D eigenvalue weighted by Gasteiger charge is -2.19. The maximum atomic E-state index is 12.3. The summed E-state index contributed by atoms with van der Waals surface area (Å²) in [5.74, 6) is -0.958. The number of hydrogen-bond acceptors (Lipinski definition) is 4. The van der Waals surface area contributed by atoms with Crippen LogP contribution < -0.4 is 5.32 Å². The van der Waals surface area contributed by atoms with Crippen molar-refractivity contribution >= 4 is 12.1 Å². The summed E-state index contributed by atoms with van der Waals surface area (Å²) in [6, 6.07) is 15.2. The van der Waals surface area contributed by atoms with Crippen molar-refractivity contribution < 1.29 is 24.2 Å². The maximum absolute atomic E-state index is 12.3. The van der Waals surface area contributed by atoms with Crippen molar-refractivity contribution in [2.45, 2.75) is 24.8 Å². The average molecular weight is 381 g/mol. The quantitative estimate of drug-likeness (QED) is 0.801. The minimum absolute atomic E-state index is 0.0512. The summed E-state index contributed by atoms with van der Waals surface area (Å²) in [5.41, 5.74) is 4.54. The predicted octanol–water partition coefficient (Wildman–Crippen LogP) is 3.40. The Kier molecular flexibility index (Phi) is 5.30. The molecule has 0 bridgehead atoms. The topological polar surface area (TPSA) is 84.9 Å². The monoisotopic (exact) mass is 381 g/mol. The number of amides is 1. The second-order valence-electron chi connectivity index (χ2n) is 7.33. The molecular formula is C22H23NO5. The number of benzene rings is 2. The van der Waals surface area contributed by atoms with Crippen molar-refractivity contribution in [3.63, 3.8) is 0 Å². The summed E-state index contributed by atoms with van der Waals surface area (Å²) in [6.07, 6.45) is 0.462. The number of carboxylic acids is 1. The Bertz CT molecular complexity index is 829. The van der Waals surface area contributed by atoms with E-state index in [2.05, 4.69) is 17.4 Å². The largest absolute Gasteiger partial charge is 0.480 e. The van der Waals surface area contributed by atoms with Gasteiger partial charge in [0.1, 0.15) is 12.6 Å². The molecule has 1 heterocycles. The van der Waals surface area contributed by atoms with Gasteiger partial charge in [0.15, 0.2) is 0 Å². The number of aliphatic carboxylic acids is 1. The molecule has 1 fully saturated rings. The first-order valence-corrected chi connectivity index (χ1v) is 9.55. The molecule has 146 valence electrons. The van der Waals surface area contributed by atoms with Gasteiger partial charge in [-0.2, -0.15) is 0 Å². The molecule has 1 saturated heterocycles. The molecule has 2 aromatic rings. The minimum Gasteiger partial charge on any atom is -0.480 e. The van der Waals surface area contributed by atoms with Gasteiger partial charge in [-0.1, -0.05) is 48.5 Å². The van der Waals surface area contributed by atoms with Crippen molar-refractivity contribution in [2.24, 2.45) is 5.92 Å². The van der Waals surface area contributed by atoms with Crippen LogP contribution in [0.4, 0.5) is 4.79 Å². The number of ether oxygens (including phenoxy) is 2. The minimum atomic E-state index is -1.06. The van der Waals surface area contributed by atoms with E-state index in [0.717, 1.165) is 28.7 Å². The first-order chi connectivity index (χ1) is 13.6. The summed E-state index contributed by atoms with van der Waals surface area (Å²) in [7, 11) is 0. The van der Waals surface area contributed by atoms with Crippen LogP contribution in [-0.2, 0) is 14.3 Å². The second kappa shape index (κ2) is 8.02. The predicted molar refractivity (Wildman–Crippen MR) is 103 cm³/mol. The molecule has 2 aromatic carbocycles. The molecule has 1 aliphatic carbocycles. The van der Waals surface area contributed by atoms with Crippen molar-refractivity contribution in [1.82, 2.24) is 5.32 Å². The molecule has 6 heteroatoms. The number of nitrogens with one attached hydrogen (secondary N) is 1. The Hall–Kier alpha value is -2.86. The summed E-state index contributed by atoms with van der Waals surface area (Å²) in [4.78, 5) is 23.8. The van der Waals surface area contributed by atoms with Gasteiger partial charge in [0, 0.05) is 19.1 Å². The summed E-state index contributed by atoms with van der Waals surface area (Å²) in [5, 5.41) is 11.9. The smallest absolute Gasteiger partial charge is 0.407 e. The number of carbonyl (C=O) groups excluding carboxylic acids is 1. The normalized spacial score (nSPS) is 18.9. The first-order valence-electron chi connectivity index (χ1n) is 9.55. The molecule has 0 spiro atoms. The van der Waals surface area contributed by atoms with Gasteiger partial charge in [0.2, 0.25) is 0 Å². The zero-order valence-electron chi connectivity index (χ0n) is 15.5. The number of fused-ring (bicyclic) bond motifs is 3. The van der Waals surface area contributed by atoms with Gasteiger partial charge in [0.05, 0.1) is 0 Å². The maximum Gasteiger partial charge on any atom is 0.407 e. The van der Waals surface area contributed by atoms with Crippen molar-refractivity contribution in [2.75, 3.05) is 19.8 Å². The van der Waals surface area contributed by atoms with Gasteiger partial charge in [-0.3, -0.25) is 0 Å². The lowest BCUT2D eigenvalue weighted by atomic mass is 9.98. The third-order valence-corrected chi connectivity index (χ3v) is 5.53. The third-order valence-electron chi connectivity index (χ3n) is 5.53. The number of hydrogen-bond donors (Lipinski definition) is 2. The summed E-state index contributed by atoms with van der Waals surface area (Å²) < 4.78 is 10.7. The Morgan fingerprint density at radius 3 is 2.32 bits per heavy atom. The molecule has 1 amide bonds. The van der Waals surface area contributed by atoms with E-state index in [9.17, 15) is 14.7 Å². The summed E-state index contributed by atoms with van der Waals surface area (Å²) >= 11 is 0. The highest BCUT2D eigenvalue weighted by Gasteiger charge is 2.30. The van der Waals surface area contributed by atoms with E-state index in [-0.39, 0.29) is 18.4 Å². The van der Waals surface area contributed by atoms with Crippen LogP contribution in [0.15, 0.2) is 48.5 Å². The number of rotatable bonds is 6.